The molecule has 0 fully saturated rings. The van der Waals surface area contributed by atoms with Crippen molar-refractivity contribution in [2.24, 2.45) is 5.10 Å². The molecule has 3 aromatic rings. The molecule has 0 aliphatic carbocycles. The first-order chi connectivity index (χ1) is 15.4. The van der Waals surface area contributed by atoms with Crippen LogP contribution >= 0.6 is 27.5 Å². The number of carbonyl (C=O) groups is 3. The second-order valence-electron chi connectivity index (χ2n) is 6.45. The van der Waals surface area contributed by atoms with E-state index in [4.69, 9.17) is 16.3 Å². The van der Waals surface area contributed by atoms with E-state index in [1.54, 1.807) is 66.7 Å². The maximum absolute atomic E-state index is 12.2. The smallest absolute Gasteiger partial charge is 0.343 e. The number of nitrogens with zero attached hydrogens (tertiary/aromatic N) is 1. The SMILES string of the molecule is O=C(CNC(=O)c1ccc(Cl)cc1)NN=Cc1ccc(OC(=O)c2cccc(Br)c2)cc1. The lowest BCUT2D eigenvalue weighted by Crippen LogP contribution is -2.34. The van der Waals surface area contributed by atoms with Gasteiger partial charge in [-0.1, -0.05) is 33.6 Å². The van der Waals surface area contributed by atoms with E-state index in [1.165, 1.54) is 6.21 Å². The monoisotopic (exact) mass is 513 g/mol. The highest BCUT2D eigenvalue weighted by Crippen LogP contribution is 2.16. The zero-order chi connectivity index (χ0) is 22.9. The molecule has 3 aromatic carbocycles. The summed E-state index contributed by atoms with van der Waals surface area (Å²) in [5.41, 5.74) is 3.83. The third-order valence-corrected chi connectivity index (χ3v) is 4.81. The van der Waals surface area contributed by atoms with Crippen molar-refractivity contribution >= 4 is 51.5 Å². The second-order valence-corrected chi connectivity index (χ2v) is 7.80. The number of hydrogen-bond donors (Lipinski definition) is 2. The minimum Gasteiger partial charge on any atom is -0.423 e. The summed E-state index contributed by atoms with van der Waals surface area (Å²) in [6.45, 7) is -0.233. The first-order valence-corrected chi connectivity index (χ1v) is 10.5. The molecule has 0 aliphatic heterocycles. The van der Waals surface area contributed by atoms with Crippen LogP contribution in [0.15, 0.2) is 82.4 Å². The van der Waals surface area contributed by atoms with Gasteiger partial charge in [-0.25, -0.2) is 10.2 Å². The summed E-state index contributed by atoms with van der Waals surface area (Å²) in [6.07, 6.45) is 1.43. The molecule has 0 heterocycles. The molecule has 0 aliphatic rings. The number of amides is 2. The van der Waals surface area contributed by atoms with Gasteiger partial charge in [0.15, 0.2) is 0 Å². The number of hydrogen-bond acceptors (Lipinski definition) is 5. The summed E-state index contributed by atoms with van der Waals surface area (Å²) < 4.78 is 6.11. The lowest BCUT2D eigenvalue weighted by Gasteiger charge is -2.05. The number of halogens is 2. The summed E-state index contributed by atoms with van der Waals surface area (Å²) in [5.74, 6) is -0.973. The third kappa shape index (κ3) is 7.04. The van der Waals surface area contributed by atoms with Gasteiger partial charge < -0.3 is 10.1 Å². The Labute approximate surface area is 197 Å². The van der Waals surface area contributed by atoms with Gasteiger partial charge in [0.25, 0.3) is 11.8 Å². The third-order valence-electron chi connectivity index (χ3n) is 4.07. The number of esters is 1. The zero-order valence-corrected chi connectivity index (χ0v) is 18.9. The second kappa shape index (κ2) is 11.2. The van der Waals surface area contributed by atoms with Gasteiger partial charge in [0.2, 0.25) is 0 Å². The molecular weight excluding hydrogens is 498 g/mol. The zero-order valence-electron chi connectivity index (χ0n) is 16.5. The van der Waals surface area contributed by atoms with Gasteiger partial charge in [0.05, 0.1) is 18.3 Å². The Bertz CT molecular complexity index is 1150. The first-order valence-electron chi connectivity index (χ1n) is 9.34. The van der Waals surface area contributed by atoms with Crippen molar-refractivity contribution in [1.29, 1.82) is 0 Å². The molecule has 2 amide bonds. The number of benzene rings is 3. The van der Waals surface area contributed by atoms with E-state index in [-0.39, 0.29) is 6.54 Å². The van der Waals surface area contributed by atoms with E-state index in [1.807, 2.05) is 6.07 Å². The van der Waals surface area contributed by atoms with Crippen molar-refractivity contribution in [2.45, 2.75) is 0 Å². The Kier molecular flexibility index (Phi) is 8.13. The number of rotatable bonds is 7. The minimum absolute atomic E-state index is 0.233. The Morgan fingerprint density at radius 3 is 2.38 bits per heavy atom. The molecule has 0 spiro atoms. The molecule has 2 N–H and O–H groups in total. The number of hydrazone groups is 1. The van der Waals surface area contributed by atoms with Crippen molar-refractivity contribution in [1.82, 2.24) is 10.7 Å². The summed E-state index contributed by atoms with van der Waals surface area (Å²) in [5, 5.41) is 6.85. The molecule has 7 nitrogen and oxygen atoms in total. The van der Waals surface area contributed by atoms with Crippen molar-refractivity contribution < 1.29 is 19.1 Å². The molecule has 32 heavy (non-hydrogen) atoms. The van der Waals surface area contributed by atoms with E-state index in [0.29, 0.717) is 27.5 Å². The van der Waals surface area contributed by atoms with Gasteiger partial charge in [-0.05, 0) is 72.3 Å². The van der Waals surface area contributed by atoms with Crippen LogP contribution in [-0.4, -0.2) is 30.5 Å². The summed E-state index contributed by atoms with van der Waals surface area (Å²) in [7, 11) is 0. The molecule has 0 radical (unpaired) electrons. The van der Waals surface area contributed by atoms with E-state index >= 15 is 0 Å². The Morgan fingerprint density at radius 1 is 0.969 bits per heavy atom. The van der Waals surface area contributed by atoms with Gasteiger partial charge >= 0.3 is 5.97 Å². The fourth-order valence-electron chi connectivity index (χ4n) is 2.49. The molecule has 9 heteroatoms. The van der Waals surface area contributed by atoms with E-state index in [2.05, 4.69) is 31.8 Å². The van der Waals surface area contributed by atoms with E-state index in [0.717, 1.165) is 4.47 Å². The van der Waals surface area contributed by atoms with Crippen molar-refractivity contribution in [3.8, 4) is 5.75 Å². The Hall–Kier alpha value is -3.49. The van der Waals surface area contributed by atoms with Gasteiger partial charge in [-0.2, -0.15) is 5.10 Å². The van der Waals surface area contributed by atoms with Crippen LogP contribution in [0.25, 0.3) is 0 Å². The van der Waals surface area contributed by atoms with Crippen LogP contribution in [0.5, 0.6) is 5.75 Å². The van der Waals surface area contributed by atoms with E-state index in [9.17, 15) is 14.4 Å². The highest BCUT2D eigenvalue weighted by molar-refractivity contribution is 9.10. The van der Waals surface area contributed by atoms with Gasteiger partial charge in [-0.15, -0.1) is 0 Å². The standard InChI is InChI=1S/C23H17BrClN3O4/c24-18-3-1-2-17(12-18)23(31)32-20-10-4-15(5-11-20)13-27-28-21(29)14-26-22(30)16-6-8-19(25)9-7-16/h1-13H,14H2,(H,26,30)(H,28,29). The minimum atomic E-state index is -0.483. The average molecular weight is 515 g/mol. The highest BCUT2D eigenvalue weighted by Gasteiger charge is 2.09. The van der Waals surface area contributed by atoms with Crippen LogP contribution < -0.4 is 15.5 Å². The van der Waals surface area contributed by atoms with Crippen LogP contribution in [0.3, 0.4) is 0 Å². The molecule has 0 saturated heterocycles. The average Bonchev–Trinajstić information content (AvgIpc) is 2.79. The quantitative estimate of drug-likeness (QED) is 0.214. The molecular formula is C23H17BrClN3O4. The van der Waals surface area contributed by atoms with Crippen LogP contribution in [0.2, 0.25) is 5.02 Å². The number of nitrogens with one attached hydrogen (secondary N) is 2. The fraction of sp³-hybridized carbons (Fsp3) is 0.0435. The van der Waals surface area contributed by atoms with Gasteiger partial charge in [0, 0.05) is 15.1 Å². The largest absolute Gasteiger partial charge is 0.423 e. The normalized spacial score (nSPS) is 10.6. The molecule has 0 aromatic heterocycles. The summed E-state index contributed by atoms with van der Waals surface area (Å²) in [4.78, 5) is 36.0. The fourth-order valence-corrected chi connectivity index (χ4v) is 3.01. The van der Waals surface area contributed by atoms with Gasteiger partial charge in [0.1, 0.15) is 5.75 Å². The van der Waals surface area contributed by atoms with Crippen LogP contribution in [0.1, 0.15) is 26.3 Å². The number of ether oxygens (including phenoxy) is 1. The molecule has 0 bridgehead atoms. The van der Waals surface area contributed by atoms with Crippen LogP contribution in [0, 0.1) is 0 Å². The van der Waals surface area contributed by atoms with Crippen LogP contribution in [0.4, 0.5) is 0 Å². The topological polar surface area (TPSA) is 96.9 Å². The maximum atomic E-state index is 12.2. The first kappa shape index (κ1) is 23.2. The number of carbonyl (C=O) groups excluding carboxylic acids is 3. The Morgan fingerprint density at radius 2 is 1.69 bits per heavy atom. The lowest BCUT2D eigenvalue weighted by atomic mass is 10.2. The van der Waals surface area contributed by atoms with Crippen molar-refractivity contribution in [2.75, 3.05) is 6.54 Å². The predicted octanol–water partition coefficient (Wildman–Crippen LogP) is 4.20. The Balaban J connectivity index is 1.45. The molecule has 0 unspecified atom stereocenters. The van der Waals surface area contributed by atoms with E-state index < -0.39 is 17.8 Å². The van der Waals surface area contributed by atoms with Crippen molar-refractivity contribution in [3.63, 3.8) is 0 Å². The summed E-state index contributed by atoms with van der Waals surface area (Å²) >= 11 is 9.09. The predicted molar refractivity (Wildman–Crippen MR) is 125 cm³/mol. The maximum Gasteiger partial charge on any atom is 0.343 e. The lowest BCUT2D eigenvalue weighted by molar-refractivity contribution is -0.120. The highest BCUT2D eigenvalue weighted by atomic mass is 79.9. The molecule has 162 valence electrons. The summed E-state index contributed by atoms with van der Waals surface area (Å²) in [6, 6.07) is 19.8. The van der Waals surface area contributed by atoms with Crippen LogP contribution in [-0.2, 0) is 4.79 Å². The molecule has 3 rings (SSSR count). The molecule has 0 saturated carbocycles. The molecule has 0 atom stereocenters. The van der Waals surface area contributed by atoms with Crippen molar-refractivity contribution in [3.05, 3.63) is 99.0 Å². The van der Waals surface area contributed by atoms with Gasteiger partial charge in [-0.3, -0.25) is 9.59 Å².